The van der Waals surface area contributed by atoms with Gasteiger partial charge in [0.15, 0.2) is 14.9 Å². The molecule has 2 fully saturated rings. The normalized spacial score (nSPS) is 24.7. The molecule has 0 unspecified atom stereocenters. The first-order valence-electron chi connectivity index (χ1n) is 7.80. The van der Waals surface area contributed by atoms with Crippen LogP contribution in [0.5, 0.6) is 0 Å². The van der Waals surface area contributed by atoms with Crippen molar-refractivity contribution >= 4 is 27.2 Å². The summed E-state index contributed by atoms with van der Waals surface area (Å²) in [5.41, 5.74) is 1.18. The molecule has 1 heterocycles. The standard InChI is InChI=1S/C16H22N2O2S2/c1-12(13-5-3-2-4-6-13)17-16(21)18(14-7-8-14)15-9-10-22(19,20)11-15/h2-6,12,14-15H,7-11H2,1H3,(H,17,21)/t12-,15+/m1/s1. The molecule has 0 amide bonds. The third kappa shape index (κ3) is 3.60. The molecule has 1 aromatic rings. The van der Waals surface area contributed by atoms with Crippen LogP contribution in [0.4, 0.5) is 0 Å². The lowest BCUT2D eigenvalue weighted by Gasteiger charge is -2.32. The second-order valence-corrected chi connectivity index (χ2v) is 8.89. The van der Waals surface area contributed by atoms with E-state index in [1.54, 1.807) is 0 Å². The molecule has 1 N–H and O–H groups in total. The second-order valence-electron chi connectivity index (χ2n) is 6.28. The van der Waals surface area contributed by atoms with Crippen LogP contribution in [0.1, 0.15) is 37.8 Å². The summed E-state index contributed by atoms with van der Waals surface area (Å²) in [6.45, 7) is 2.08. The van der Waals surface area contributed by atoms with Gasteiger partial charge in [0.05, 0.1) is 17.5 Å². The molecule has 1 aliphatic heterocycles. The Morgan fingerprint density at radius 1 is 1.23 bits per heavy atom. The molecule has 0 radical (unpaired) electrons. The SMILES string of the molecule is C[C@@H](NC(=S)N(C1CC1)[C@H]1CCS(=O)(=O)C1)c1ccccc1. The van der Waals surface area contributed by atoms with E-state index in [1.165, 1.54) is 5.56 Å². The number of nitrogens with zero attached hydrogens (tertiary/aromatic N) is 1. The first kappa shape index (κ1) is 15.7. The first-order chi connectivity index (χ1) is 10.5. The number of benzene rings is 1. The summed E-state index contributed by atoms with van der Waals surface area (Å²) in [5.74, 6) is 0.531. The molecule has 1 aliphatic carbocycles. The average molecular weight is 338 g/mol. The predicted molar refractivity (Wildman–Crippen MR) is 92.5 cm³/mol. The van der Waals surface area contributed by atoms with Crippen LogP contribution in [0.25, 0.3) is 0 Å². The van der Waals surface area contributed by atoms with Gasteiger partial charge in [0, 0.05) is 12.1 Å². The highest BCUT2D eigenvalue weighted by atomic mass is 32.2. The maximum absolute atomic E-state index is 11.8. The summed E-state index contributed by atoms with van der Waals surface area (Å²) < 4.78 is 23.5. The molecule has 4 nitrogen and oxygen atoms in total. The Bertz CT molecular complexity index is 641. The van der Waals surface area contributed by atoms with Gasteiger partial charge in [-0.2, -0.15) is 0 Å². The fourth-order valence-corrected chi connectivity index (χ4v) is 5.25. The highest BCUT2D eigenvalue weighted by Crippen LogP contribution is 2.32. The summed E-state index contributed by atoms with van der Waals surface area (Å²) in [6.07, 6.45) is 2.91. The van der Waals surface area contributed by atoms with Crippen molar-refractivity contribution in [1.29, 1.82) is 0 Å². The molecule has 22 heavy (non-hydrogen) atoms. The maximum atomic E-state index is 11.8. The van der Waals surface area contributed by atoms with Crippen molar-refractivity contribution in [2.75, 3.05) is 11.5 Å². The Morgan fingerprint density at radius 2 is 1.91 bits per heavy atom. The predicted octanol–water partition coefficient (Wildman–Crippen LogP) is 2.27. The van der Waals surface area contributed by atoms with Crippen LogP contribution in [0.2, 0.25) is 0 Å². The Kier molecular flexibility index (Phi) is 4.41. The topological polar surface area (TPSA) is 49.4 Å². The van der Waals surface area contributed by atoms with Crippen LogP contribution < -0.4 is 5.32 Å². The lowest BCUT2D eigenvalue weighted by atomic mass is 10.1. The van der Waals surface area contributed by atoms with Gasteiger partial charge in [0.2, 0.25) is 0 Å². The highest BCUT2D eigenvalue weighted by molar-refractivity contribution is 7.91. The number of hydrogen-bond acceptors (Lipinski definition) is 3. The molecule has 1 saturated heterocycles. The van der Waals surface area contributed by atoms with Crippen molar-refractivity contribution in [3.8, 4) is 0 Å². The zero-order valence-electron chi connectivity index (χ0n) is 12.7. The van der Waals surface area contributed by atoms with E-state index in [0.717, 1.165) is 12.8 Å². The summed E-state index contributed by atoms with van der Waals surface area (Å²) in [5, 5.41) is 4.08. The zero-order chi connectivity index (χ0) is 15.7. The van der Waals surface area contributed by atoms with E-state index in [1.807, 2.05) is 18.2 Å². The van der Waals surface area contributed by atoms with Gasteiger partial charge in [0.1, 0.15) is 0 Å². The molecular weight excluding hydrogens is 316 g/mol. The van der Waals surface area contributed by atoms with Gasteiger partial charge in [-0.3, -0.25) is 0 Å². The van der Waals surface area contributed by atoms with Crippen molar-refractivity contribution in [3.63, 3.8) is 0 Å². The minimum absolute atomic E-state index is 0.0421. The van der Waals surface area contributed by atoms with Crippen LogP contribution in [0.3, 0.4) is 0 Å². The quantitative estimate of drug-likeness (QED) is 0.854. The maximum Gasteiger partial charge on any atom is 0.169 e. The third-order valence-electron chi connectivity index (χ3n) is 4.42. The number of rotatable bonds is 4. The lowest BCUT2D eigenvalue weighted by Crippen LogP contribution is -2.48. The fourth-order valence-electron chi connectivity index (χ4n) is 3.06. The van der Waals surface area contributed by atoms with Crippen LogP contribution >= 0.6 is 12.2 Å². The van der Waals surface area contributed by atoms with Crippen LogP contribution in [0, 0.1) is 0 Å². The molecule has 1 aromatic carbocycles. The summed E-state index contributed by atoms with van der Waals surface area (Å²) in [6, 6.07) is 10.7. The van der Waals surface area contributed by atoms with Gasteiger partial charge in [0.25, 0.3) is 0 Å². The van der Waals surface area contributed by atoms with Gasteiger partial charge in [-0.1, -0.05) is 30.3 Å². The monoisotopic (exact) mass is 338 g/mol. The molecule has 0 spiro atoms. The van der Waals surface area contributed by atoms with Crippen molar-refractivity contribution < 1.29 is 8.42 Å². The Balaban J connectivity index is 1.69. The minimum Gasteiger partial charge on any atom is -0.356 e. The number of thiocarbonyl (C=S) groups is 1. The van der Waals surface area contributed by atoms with Gasteiger partial charge < -0.3 is 10.2 Å². The van der Waals surface area contributed by atoms with Gasteiger partial charge >= 0.3 is 0 Å². The molecule has 6 heteroatoms. The summed E-state index contributed by atoms with van der Waals surface area (Å²) in [7, 11) is -2.89. The molecule has 3 rings (SSSR count). The summed E-state index contributed by atoms with van der Waals surface area (Å²) >= 11 is 5.60. The van der Waals surface area contributed by atoms with E-state index >= 15 is 0 Å². The largest absolute Gasteiger partial charge is 0.356 e. The zero-order valence-corrected chi connectivity index (χ0v) is 14.4. The van der Waals surface area contributed by atoms with E-state index < -0.39 is 9.84 Å². The van der Waals surface area contributed by atoms with Crippen molar-refractivity contribution in [2.45, 2.75) is 44.3 Å². The number of hydrogen-bond donors (Lipinski definition) is 1. The van der Waals surface area contributed by atoms with E-state index in [4.69, 9.17) is 12.2 Å². The molecule has 120 valence electrons. The minimum atomic E-state index is -2.89. The molecule has 0 bridgehead atoms. The van der Waals surface area contributed by atoms with Crippen molar-refractivity contribution in [1.82, 2.24) is 10.2 Å². The van der Waals surface area contributed by atoms with E-state index in [9.17, 15) is 8.42 Å². The lowest BCUT2D eigenvalue weighted by molar-refractivity contribution is 0.317. The van der Waals surface area contributed by atoms with E-state index in [0.29, 0.717) is 17.6 Å². The van der Waals surface area contributed by atoms with Crippen molar-refractivity contribution in [2.24, 2.45) is 0 Å². The van der Waals surface area contributed by atoms with E-state index in [2.05, 4.69) is 29.3 Å². The Morgan fingerprint density at radius 3 is 2.45 bits per heavy atom. The molecule has 2 atom stereocenters. The van der Waals surface area contributed by atoms with Gasteiger partial charge in [-0.05, 0) is 44.0 Å². The third-order valence-corrected chi connectivity index (χ3v) is 6.50. The van der Waals surface area contributed by atoms with Crippen LogP contribution in [-0.4, -0.2) is 42.0 Å². The van der Waals surface area contributed by atoms with E-state index in [-0.39, 0.29) is 23.6 Å². The van der Waals surface area contributed by atoms with Crippen LogP contribution in [0.15, 0.2) is 30.3 Å². The van der Waals surface area contributed by atoms with Crippen LogP contribution in [-0.2, 0) is 9.84 Å². The van der Waals surface area contributed by atoms with Crippen molar-refractivity contribution in [3.05, 3.63) is 35.9 Å². The Labute approximate surface area is 137 Å². The first-order valence-corrected chi connectivity index (χ1v) is 10.0. The summed E-state index contributed by atoms with van der Waals surface area (Å²) in [4.78, 5) is 2.15. The Hall–Kier alpha value is -1.14. The molecular formula is C16H22N2O2S2. The number of nitrogens with one attached hydrogen (secondary N) is 1. The second kappa shape index (κ2) is 6.16. The fraction of sp³-hybridized carbons (Fsp3) is 0.562. The number of sulfone groups is 1. The molecule has 2 aliphatic rings. The average Bonchev–Trinajstić information content (AvgIpc) is 3.24. The van der Waals surface area contributed by atoms with Gasteiger partial charge in [-0.25, -0.2) is 8.42 Å². The smallest absolute Gasteiger partial charge is 0.169 e. The van der Waals surface area contributed by atoms with Gasteiger partial charge in [-0.15, -0.1) is 0 Å². The molecule has 1 saturated carbocycles. The highest BCUT2D eigenvalue weighted by Gasteiger charge is 2.41. The molecule has 0 aromatic heterocycles.